The van der Waals surface area contributed by atoms with Crippen molar-refractivity contribution in [1.82, 2.24) is 0 Å². The zero-order valence-electron chi connectivity index (χ0n) is 6.02. The van der Waals surface area contributed by atoms with Crippen LogP contribution in [-0.4, -0.2) is 20.8 Å². The molecular weight excluding hydrogens is 223 g/mol. The van der Waals surface area contributed by atoms with Gasteiger partial charge in [0.15, 0.2) is 0 Å². The fourth-order valence-electron chi connectivity index (χ4n) is 0.337. The standard InChI is InChI=1S/C4H3F5O3S/c1-13(10,11)12-4(8,9)2(5)3(6)7/h1H3. The topological polar surface area (TPSA) is 43.4 Å². The van der Waals surface area contributed by atoms with Gasteiger partial charge < -0.3 is 0 Å². The minimum Gasteiger partial charge on any atom is -0.200 e. The highest BCUT2D eigenvalue weighted by Crippen LogP contribution is 2.31. The highest BCUT2D eigenvalue weighted by Gasteiger charge is 2.44. The summed E-state index contributed by atoms with van der Waals surface area (Å²) in [5, 5.41) is 0. The van der Waals surface area contributed by atoms with Gasteiger partial charge in [-0.3, -0.25) is 0 Å². The molecule has 13 heavy (non-hydrogen) atoms. The Kier molecular flexibility index (Phi) is 3.39. The average molecular weight is 226 g/mol. The van der Waals surface area contributed by atoms with Crippen molar-refractivity contribution in [2.75, 3.05) is 6.26 Å². The van der Waals surface area contributed by atoms with Gasteiger partial charge in [0.25, 0.3) is 15.9 Å². The zero-order chi connectivity index (χ0) is 10.9. The highest BCUT2D eigenvalue weighted by molar-refractivity contribution is 7.86. The minimum absolute atomic E-state index is 0.171. The molecule has 9 heteroatoms. The van der Waals surface area contributed by atoms with Crippen LogP contribution in [0.3, 0.4) is 0 Å². The first-order valence-corrected chi connectivity index (χ1v) is 4.37. The van der Waals surface area contributed by atoms with Crippen molar-refractivity contribution in [3.05, 3.63) is 11.9 Å². The van der Waals surface area contributed by atoms with Gasteiger partial charge in [-0.25, -0.2) is 0 Å². The van der Waals surface area contributed by atoms with Gasteiger partial charge in [-0.1, -0.05) is 0 Å². The van der Waals surface area contributed by atoms with E-state index in [4.69, 9.17) is 0 Å². The van der Waals surface area contributed by atoms with Gasteiger partial charge in [-0.15, -0.1) is 0 Å². The van der Waals surface area contributed by atoms with Gasteiger partial charge in [0, 0.05) is 0 Å². The van der Waals surface area contributed by atoms with Crippen LogP contribution in [0.15, 0.2) is 11.9 Å². The summed E-state index contributed by atoms with van der Waals surface area (Å²) in [7, 11) is -4.72. The first-order chi connectivity index (χ1) is 5.56. The van der Waals surface area contributed by atoms with Crippen LogP contribution < -0.4 is 0 Å². The molecule has 0 heterocycles. The fraction of sp³-hybridized carbons (Fsp3) is 0.500. The lowest BCUT2D eigenvalue weighted by Crippen LogP contribution is -2.25. The first-order valence-electron chi connectivity index (χ1n) is 2.56. The number of alkyl halides is 2. The molecule has 0 N–H and O–H groups in total. The number of hydrogen-bond acceptors (Lipinski definition) is 3. The molecule has 0 aromatic carbocycles. The summed E-state index contributed by atoms with van der Waals surface area (Å²) in [5.41, 5.74) is 0. The van der Waals surface area contributed by atoms with Crippen molar-refractivity contribution in [2.45, 2.75) is 6.11 Å². The van der Waals surface area contributed by atoms with E-state index >= 15 is 0 Å². The van der Waals surface area contributed by atoms with Crippen molar-refractivity contribution >= 4 is 10.1 Å². The van der Waals surface area contributed by atoms with E-state index in [-0.39, 0.29) is 6.26 Å². The lowest BCUT2D eigenvalue weighted by atomic mass is 10.5. The van der Waals surface area contributed by atoms with E-state index in [0.717, 1.165) is 0 Å². The van der Waals surface area contributed by atoms with E-state index < -0.39 is 28.1 Å². The molecule has 0 saturated carbocycles. The molecule has 0 aromatic rings. The Bertz CT molecular complexity index is 315. The Morgan fingerprint density at radius 1 is 1.23 bits per heavy atom. The number of halogens is 5. The van der Waals surface area contributed by atoms with Crippen molar-refractivity contribution < 1.29 is 34.6 Å². The summed E-state index contributed by atoms with van der Waals surface area (Å²) in [5.74, 6) is -3.22. The monoisotopic (exact) mass is 226 g/mol. The van der Waals surface area contributed by atoms with Crippen LogP contribution in [-0.2, 0) is 14.3 Å². The maximum absolute atomic E-state index is 12.0. The van der Waals surface area contributed by atoms with Crippen LogP contribution in [0.2, 0.25) is 0 Å². The third-order valence-electron chi connectivity index (χ3n) is 0.677. The molecule has 0 spiro atoms. The Morgan fingerprint density at radius 3 is 1.85 bits per heavy atom. The first kappa shape index (κ1) is 12.3. The predicted molar refractivity (Wildman–Crippen MR) is 31.2 cm³/mol. The van der Waals surface area contributed by atoms with Gasteiger partial charge in [0.05, 0.1) is 6.26 Å². The van der Waals surface area contributed by atoms with E-state index in [1.807, 2.05) is 0 Å². The molecule has 0 rings (SSSR count). The van der Waals surface area contributed by atoms with Gasteiger partial charge in [-0.2, -0.15) is 34.6 Å². The van der Waals surface area contributed by atoms with Gasteiger partial charge in [-0.05, 0) is 0 Å². The van der Waals surface area contributed by atoms with Crippen LogP contribution >= 0.6 is 0 Å². The van der Waals surface area contributed by atoms with E-state index in [1.54, 1.807) is 0 Å². The van der Waals surface area contributed by atoms with Crippen LogP contribution in [0.25, 0.3) is 0 Å². The third kappa shape index (κ3) is 4.18. The number of rotatable bonds is 3. The molecular formula is C4H3F5O3S. The fourth-order valence-corrected chi connectivity index (χ4v) is 0.790. The van der Waals surface area contributed by atoms with Gasteiger partial charge in [0.1, 0.15) is 0 Å². The molecule has 0 bridgehead atoms. The second-order valence-corrected chi connectivity index (χ2v) is 3.45. The molecule has 0 aliphatic carbocycles. The van der Waals surface area contributed by atoms with Crippen molar-refractivity contribution in [3.8, 4) is 0 Å². The summed E-state index contributed by atoms with van der Waals surface area (Å²) in [4.78, 5) is 0. The molecule has 0 aromatic heterocycles. The lowest BCUT2D eigenvalue weighted by Gasteiger charge is -2.11. The Morgan fingerprint density at radius 2 is 1.62 bits per heavy atom. The molecule has 3 nitrogen and oxygen atoms in total. The van der Waals surface area contributed by atoms with Crippen LogP contribution in [0.4, 0.5) is 22.0 Å². The second kappa shape index (κ2) is 3.58. The van der Waals surface area contributed by atoms with E-state index in [1.165, 1.54) is 0 Å². The molecule has 0 amide bonds. The Hall–Kier alpha value is -0.700. The largest absolute Gasteiger partial charge is 0.428 e. The maximum Gasteiger partial charge on any atom is 0.428 e. The van der Waals surface area contributed by atoms with Crippen LogP contribution in [0.1, 0.15) is 0 Å². The molecule has 0 unspecified atom stereocenters. The van der Waals surface area contributed by atoms with Crippen molar-refractivity contribution in [2.24, 2.45) is 0 Å². The normalized spacial score (nSPS) is 12.8. The minimum atomic E-state index is -5.16. The summed E-state index contributed by atoms with van der Waals surface area (Å²) >= 11 is 0. The molecule has 0 aliphatic rings. The average Bonchev–Trinajstić information content (AvgIpc) is 1.80. The molecule has 0 atom stereocenters. The highest BCUT2D eigenvalue weighted by atomic mass is 32.2. The summed E-state index contributed by atoms with van der Waals surface area (Å²) in [6.07, 6.45) is -8.33. The van der Waals surface area contributed by atoms with Crippen molar-refractivity contribution in [1.29, 1.82) is 0 Å². The SMILES string of the molecule is CS(=O)(=O)OC(F)(F)C(F)=C(F)F. The summed E-state index contributed by atoms with van der Waals surface area (Å²) < 4.78 is 81.3. The molecule has 0 radical (unpaired) electrons. The quantitative estimate of drug-likeness (QED) is 0.542. The van der Waals surface area contributed by atoms with Crippen molar-refractivity contribution in [3.63, 3.8) is 0 Å². The maximum atomic E-state index is 12.0. The summed E-state index contributed by atoms with van der Waals surface area (Å²) in [6, 6.07) is 0. The Balaban J connectivity index is 4.91. The van der Waals surface area contributed by atoms with Gasteiger partial charge >= 0.3 is 12.2 Å². The smallest absolute Gasteiger partial charge is 0.200 e. The molecule has 0 saturated heterocycles. The van der Waals surface area contributed by atoms with E-state index in [9.17, 15) is 30.4 Å². The second-order valence-electron chi connectivity index (χ2n) is 1.88. The van der Waals surface area contributed by atoms with Crippen LogP contribution in [0.5, 0.6) is 0 Å². The van der Waals surface area contributed by atoms with E-state index in [2.05, 4.69) is 4.18 Å². The number of hydrogen-bond donors (Lipinski definition) is 0. The van der Waals surface area contributed by atoms with Crippen LogP contribution in [0, 0.1) is 0 Å². The van der Waals surface area contributed by atoms with Gasteiger partial charge in [0.2, 0.25) is 0 Å². The predicted octanol–water partition coefficient (Wildman–Crippen LogP) is 1.63. The third-order valence-corrected chi connectivity index (χ3v) is 1.19. The Labute approximate surface area is 69.9 Å². The molecule has 0 fully saturated rings. The molecule has 78 valence electrons. The lowest BCUT2D eigenvalue weighted by molar-refractivity contribution is -0.155. The molecule has 0 aliphatic heterocycles. The summed E-state index contributed by atoms with van der Waals surface area (Å²) in [6.45, 7) is 0. The zero-order valence-corrected chi connectivity index (χ0v) is 6.84. The van der Waals surface area contributed by atoms with E-state index in [0.29, 0.717) is 0 Å².